The largest absolute Gasteiger partial charge is 0.496 e. The van der Waals surface area contributed by atoms with Crippen molar-refractivity contribution >= 4 is 23.2 Å². The monoisotopic (exact) mass is 390 g/mol. The van der Waals surface area contributed by atoms with Crippen molar-refractivity contribution in [3.63, 3.8) is 0 Å². The molecule has 2 heterocycles. The second-order valence-electron chi connectivity index (χ2n) is 6.57. The van der Waals surface area contributed by atoms with E-state index in [1.165, 1.54) is 19.2 Å². The predicted octanol–water partition coefficient (Wildman–Crippen LogP) is 1.69. The van der Waals surface area contributed by atoms with E-state index >= 15 is 0 Å². The van der Waals surface area contributed by atoms with Gasteiger partial charge in [-0.1, -0.05) is 17.7 Å². The summed E-state index contributed by atoms with van der Waals surface area (Å²) in [7, 11) is 1.46. The van der Waals surface area contributed by atoms with E-state index in [4.69, 9.17) is 22.1 Å². The number of amides is 1. The number of nitrogen functional groups attached to an aromatic ring is 1. The van der Waals surface area contributed by atoms with Gasteiger partial charge in [-0.05, 0) is 24.6 Å². The second-order valence-corrected chi connectivity index (χ2v) is 6.97. The third-order valence-corrected chi connectivity index (χ3v) is 4.99. The van der Waals surface area contributed by atoms with Crippen LogP contribution in [0.1, 0.15) is 22.5 Å². The molecule has 4 N–H and O–H groups in total. The maximum absolute atomic E-state index is 12.6. The molecule has 1 aliphatic heterocycles. The molecule has 1 fully saturated rings. The number of nitrogens with two attached hydrogens (primary N) is 1. The number of pyridine rings is 1. The van der Waals surface area contributed by atoms with E-state index in [9.17, 15) is 9.90 Å². The fraction of sp³-hybridized carbons (Fsp3) is 0.368. The average molecular weight is 391 g/mol. The molecule has 1 aromatic heterocycles. The number of anilines is 1. The third kappa shape index (κ3) is 4.68. The molecule has 2 atom stereocenters. The Morgan fingerprint density at radius 1 is 1.48 bits per heavy atom. The van der Waals surface area contributed by atoms with E-state index in [0.717, 1.165) is 12.2 Å². The first-order chi connectivity index (χ1) is 13.0. The molecule has 2 aromatic rings. The Morgan fingerprint density at radius 2 is 2.30 bits per heavy atom. The van der Waals surface area contributed by atoms with E-state index in [1.54, 1.807) is 6.20 Å². The molecule has 1 amide bonds. The molecule has 0 saturated carbocycles. The smallest absolute Gasteiger partial charge is 0.255 e. The van der Waals surface area contributed by atoms with Crippen molar-refractivity contribution in [2.24, 2.45) is 0 Å². The van der Waals surface area contributed by atoms with E-state index < -0.39 is 6.10 Å². The van der Waals surface area contributed by atoms with Gasteiger partial charge in [-0.25, -0.2) is 0 Å². The Morgan fingerprint density at radius 3 is 2.96 bits per heavy atom. The van der Waals surface area contributed by atoms with Crippen LogP contribution < -0.4 is 15.8 Å². The zero-order chi connectivity index (χ0) is 19.4. The van der Waals surface area contributed by atoms with Crippen LogP contribution in [0.5, 0.6) is 5.75 Å². The number of piperidine rings is 1. The number of aliphatic hydroxyl groups is 1. The number of β-amino-alcohol motifs (C(OH)–C–C–N with tert-alkyl or cyclic N) is 1. The van der Waals surface area contributed by atoms with E-state index in [0.29, 0.717) is 36.5 Å². The standard InChI is InChI=1S/C19H23ClN4O3/c1-27-18-9-15(21)14(20)8-13(18)19(26)23-16-5-7-24(11-17(16)25)10-12-4-2-3-6-22-12/h2-4,6,8-9,16-17,25H,5,7,10-11,21H2,1H3,(H,23,26)/t16-,17+/m0/s1. The Bertz CT molecular complexity index is 803. The number of halogens is 1. The lowest BCUT2D eigenvalue weighted by Gasteiger charge is -2.36. The van der Waals surface area contributed by atoms with Gasteiger partial charge >= 0.3 is 0 Å². The molecule has 1 aliphatic rings. The number of likely N-dealkylation sites (tertiary alicyclic amines) is 1. The van der Waals surface area contributed by atoms with Gasteiger partial charge < -0.3 is 20.9 Å². The lowest BCUT2D eigenvalue weighted by molar-refractivity contribution is 0.0344. The summed E-state index contributed by atoms with van der Waals surface area (Å²) < 4.78 is 5.22. The number of ether oxygens (including phenoxy) is 1. The Balaban J connectivity index is 1.62. The lowest BCUT2D eigenvalue weighted by Crippen LogP contribution is -2.53. The third-order valence-electron chi connectivity index (χ3n) is 4.66. The maximum atomic E-state index is 12.6. The normalized spacial score (nSPS) is 20.3. The fourth-order valence-electron chi connectivity index (χ4n) is 3.19. The summed E-state index contributed by atoms with van der Waals surface area (Å²) in [5.41, 5.74) is 7.34. The Labute approximate surface area is 163 Å². The number of carbonyl (C=O) groups is 1. The summed E-state index contributed by atoms with van der Waals surface area (Å²) in [5.74, 6) is -0.00699. The summed E-state index contributed by atoms with van der Waals surface area (Å²) in [6.45, 7) is 1.87. The molecule has 27 heavy (non-hydrogen) atoms. The average Bonchev–Trinajstić information content (AvgIpc) is 2.66. The van der Waals surface area contributed by atoms with E-state index in [1.807, 2.05) is 18.2 Å². The molecule has 8 heteroatoms. The van der Waals surface area contributed by atoms with Gasteiger partial charge in [0.15, 0.2) is 0 Å². The van der Waals surface area contributed by atoms with Crippen LogP contribution in [0.4, 0.5) is 5.69 Å². The topological polar surface area (TPSA) is 101 Å². The molecule has 3 rings (SSSR count). The molecular weight excluding hydrogens is 368 g/mol. The number of rotatable bonds is 5. The fourth-order valence-corrected chi connectivity index (χ4v) is 3.36. The van der Waals surface area contributed by atoms with Gasteiger partial charge in [0.05, 0.1) is 41.2 Å². The van der Waals surface area contributed by atoms with Crippen molar-refractivity contribution in [3.05, 3.63) is 52.8 Å². The SMILES string of the molecule is COc1cc(N)c(Cl)cc1C(=O)N[C@H]1CCN(Cc2ccccn2)C[C@H]1O. The molecular formula is C19H23ClN4O3. The highest BCUT2D eigenvalue weighted by Crippen LogP contribution is 2.29. The molecule has 7 nitrogen and oxygen atoms in total. The summed E-state index contributed by atoms with van der Waals surface area (Å²) in [4.78, 5) is 19.1. The zero-order valence-electron chi connectivity index (χ0n) is 15.1. The van der Waals surface area contributed by atoms with Gasteiger partial charge in [0.1, 0.15) is 5.75 Å². The molecule has 0 radical (unpaired) electrons. The predicted molar refractivity (Wildman–Crippen MR) is 104 cm³/mol. The van der Waals surface area contributed by atoms with Crippen molar-refractivity contribution < 1.29 is 14.6 Å². The van der Waals surface area contributed by atoms with Crippen LogP contribution in [0.2, 0.25) is 5.02 Å². The van der Waals surface area contributed by atoms with Gasteiger partial charge in [-0.15, -0.1) is 0 Å². The molecule has 0 bridgehead atoms. The van der Waals surface area contributed by atoms with E-state index in [2.05, 4.69) is 15.2 Å². The summed E-state index contributed by atoms with van der Waals surface area (Å²) >= 11 is 6.03. The highest BCUT2D eigenvalue weighted by Gasteiger charge is 2.30. The number of benzene rings is 1. The number of hydrogen-bond donors (Lipinski definition) is 3. The first kappa shape index (κ1) is 19.4. The van der Waals surface area contributed by atoms with Gasteiger partial charge in [0, 0.05) is 31.9 Å². The first-order valence-corrected chi connectivity index (χ1v) is 9.10. The number of methoxy groups -OCH3 is 1. The van der Waals surface area contributed by atoms with Crippen molar-refractivity contribution in [2.75, 3.05) is 25.9 Å². The minimum atomic E-state index is -0.679. The molecule has 0 unspecified atom stereocenters. The van der Waals surface area contributed by atoms with Gasteiger partial charge in [-0.3, -0.25) is 14.7 Å². The molecule has 1 aromatic carbocycles. The Kier molecular flexibility index (Phi) is 6.15. The van der Waals surface area contributed by atoms with Crippen LogP contribution in [-0.4, -0.2) is 53.2 Å². The van der Waals surface area contributed by atoms with Crippen molar-refractivity contribution in [1.29, 1.82) is 0 Å². The molecule has 0 aliphatic carbocycles. The van der Waals surface area contributed by atoms with Crippen molar-refractivity contribution in [3.8, 4) is 5.75 Å². The van der Waals surface area contributed by atoms with Crippen LogP contribution in [-0.2, 0) is 6.54 Å². The number of aromatic nitrogens is 1. The molecule has 1 saturated heterocycles. The van der Waals surface area contributed by atoms with Crippen molar-refractivity contribution in [1.82, 2.24) is 15.2 Å². The second kappa shape index (κ2) is 8.56. The van der Waals surface area contributed by atoms with Crippen LogP contribution in [0.3, 0.4) is 0 Å². The zero-order valence-corrected chi connectivity index (χ0v) is 15.8. The van der Waals surface area contributed by atoms with Gasteiger partial charge in [-0.2, -0.15) is 0 Å². The van der Waals surface area contributed by atoms with Crippen LogP contribution in [0.15, 0.2) is 36.5 Å². The van der Waals surface area contributed by atoms with Crippen molar-refractivity contribution in [2.45, 2.75) is 25.1 Å². The highest BCUT2D eigenvalue weighted by molar-refractivity contribution is 6.33. The van der Waals surface area contributed by atoms with E-state index in [-0.39, 0.29) is 17.0 Å². The molecule has 144 valence electrons. The first-order valence-electron chi connectivity index (χ1n) is 8.72. The number of hydrogen-bond acceptors (Lipinski definition) is 6. The van der Waals surface area contributed by atoms with Crippen LogP contribution in [0.25, 0.3) is 0 Å². The van der Waals surface area contributed by atoms with Crippen LogP contribution in [0, 0.1) is 0 Å². The minimum absolute atomic E-state index is 0.284. The Hall–Kier alpha value is -2.35. The quantitative estimate of drug-likeness (QED) is 0.672. The lowest BCUT2D eigenvalue weighted by atomic mass is 10.0. The minimum Gasteiger partial charge on any atom is -0.496 e. The number of nitrogens with zero attached hydrogens (tertiary/aromatic N) is 2. The number of nitrogens with one attached hydrogen (secondary N) is 1. The highest BCUT2D eigenvalue weighted by atomic mass is 35.5. The maximum Gasteiger partial charge on any atom is 0.255 e. The van der Waals surface area contributed by atoms with Crippen LogP contribution >= 0.6 is 11.6 Å². The summed E-state index contributed by atoms with van der Waals surface area (Å²) in [6.07, 6.45) is 1.70. The van der Waals surface area contributed by atoms with Gasteiger partial charge in [0.25, 0.3) is 5.91 Å². The molecule has 0 spiro atoms. The number of carbonyl (C=O) groups excluding carboxylic acids is 1. The summed E-state index contributed by atoms with van der Waals surface area (Å²) in [5, 5.41) is 13.6. The van der Waals surface area contributed by atoms with Gasteiger partial charge in [0.2, 0.25) is 0 Å². The summed E-state index contributed by atoms with van der Waals surface area (Å²) in [6, 6.07) is 8.42. The number of aliphatic hydroxyl groups excluding tert-OH is 1.